The average molecular weight is 611 g/mol. The van der Waals surface area contributed by atoms with Gasteiger partial charge in [-0.2, -0.15) is 0 Å². The van der Waals surface area contributed by atoms with Gasteiger partial charge in [0.15, 0.2) is 11.5 Å². The maximum Gasteiger partial charge on any atom is 0.293 e. The van der Waals surface area contributed by atoms with Crippen LogP contribution in [0.1, 0.15) is 16.7 Å². The predicted octanol–water partition coefficient (Wildman–Crippen LogP) is 8.58. The van der Waals surface area contributed by atoms with E-state index < -0.39 is 0 Å². The van der Waals surface area contributed by atoms with Gasteiger partial charge in [-0.1, -0.05) is 101 Å². The van der Waals surface area contributed by atoms with Crippen molar-refractivity contribution in [3.63, 3.8) is 0 Å². The number of methoxy groups -OCH3 is 1. The Kier molecular flexibility index (Phi) is 7.32. The molecule has 0 N–H and O–H groups in total. The third-order valence-electron chi connectivity index (χ3n) is 6.91. The summed E-state index contributed by atoms with van der Waals surface area (Å²) >= 11 is 4.56. The SMILES string of the molecule is COc1cc(/C=C2/SC(=O)N(Cc3cccc4ccccc34)C2=O)c(Br)cc1OCc1cccc2ccccc12. The molecule has 5 aromatic rings. The molecule has 40 heavy (non-hydrogen) atoms. The summed E-state index contributed by atoms with van der Waals surface area (Å²) in [5, 5.41) is 4.10. The molecule has 1 fully saturated rings. The number of ether oxygens (including phenoxy) is 2. The number of hydrogen-bond acceptors (Lipinski definition) is 5. The molecule has 6 rings (SSSR count). The van der Waals surface area contributed by atoms with Gasteiger partial charge in [-0.15, -0.1) is 0 Å². The van der Waals surface area contributed by atoms with Crippen LogP contribution in [0.4, 0.5) is 4.79 Å². The first kappa shape index (κ1) is 26.2. The van der Waals surface area contributed by atoms with Gasteiger partial charge in [0.25, 0.3) is 11.1 Å². The number of rotatable bonds is 7. The molecule has 0 aliphatic carbocycles. The molecular weight excluding hydrogens is 586 g/mol. The molecular formula is C33H24BrNO4S. The number of fused-ring (bicyclic) bond motifs is 2. The summed E-state index contributed by atoms with van der Waals surface area (Å²) < 4.78 is 12.5. The van der Waals surface area contributed by atoms with Gasteiger partial charge >= 0.3 is 0 Å². The van der Waals surface area contributed by atoms with Gasteiger partial charge in [-0.3, -0.25) is 14.5 Å². The van der Waals surface area contributed by atoms with Crippen LogP contribution in [0.2, 0.25) is 0 Å². The summed E-state index contributed by atoms with van der Waals surface area (Å²) in [5.74, 6) is 0.790. The van der Waals surface area contributed by atoms with Gasteiger partial charge in [0.05, 0.1) is 18.6 Å². The van der Waals surface area contributed by atoms with Crippen LogP contribution in [0, 0.1) is 0 Å². The number of benzene rings is 5. The molecule has 7 heteroatoms. The summed E-state index contributed by atoms with van der Waals surface area (Å²) in [6.45, 7) is 0.589. The fraction of sp³-hybridized carbons (Fsp3) is 0.0909. The lowest BCUT2D eigenvalue weighted by Gasteiger charge is -2.15. The number of imide groups is 1. The van der Waals surface area contributed by atoms with Crippen LogP contribution in [0.3, 0.4) is 0 Å². The maximum absolute atomic E-state index is 13.3. The van der Waals surface area contributed by atoms with Gasteiger partial charge in [0, 0.05) is 4.47 Å². The minimum Gasteiger partial charge on any atom is -0.493 e. The lowest BCUT2D eigenvalue weighted by molar-refractivity contribution is -0.123. The number of carbonyl (C=O) groups excluding carboxylic acids is 2. The Hall–Kier alpha value is -4.07. The molecule has 0 atom stereocenters. The van der Waals surface area contributed by atoms with Crippen molar-refractivity contribution in [2.75, 3.05) is 7.11 Å². The molecule has 198 valence electrons. The van der Waals surface area contributed by atoms with Crippen LogP contribution < -0.4 is 9.47 Å². The fourth-order valence-corrected chi connectivity index (χ4v) is 6.15. The second-order valence-electron chi connectivity index (χ2n) is 9.36. The average Bonchev–Trinajstić information content (AvgIpc) is 3.24. The normalized spacial score (nSPS) is 14.4. The second kappa shape index (κ2) is 11.2. The molecule has 0 saturated carbocycles. The van der Waals surface area contributed by atoms with Crippen LogP contribution >= 0.6 is 27.7 Å². The van der Waals surface area contributed by atoms with Crippen molar-refractivity contribution in [2.24, 2.45) is 0 Å². The van der Waals surface area contributed by atoms with Crippen molar-refractivity contribution in [1.29, 1.82) is 0 Å². The predicted molar refractivity (Wildman–Crippen MR) is 164 cm³/mol. The third-order valence-corrected chi connectivity index (χ3v) is 8.51. The highest BCUT2D eigenvalue weighted by Crippen LogP contribution is 2.39. The van der Waals surface area contributed by atoms with Gasteiger partial charge in [0.2, 0.25) is 0 Å². The zero-order valence-corrected chi connectivity index (χ0v) is 24.0. The highest BCUT2D eigenvalue weighted by Gasteiger charge is 2.35. The molecule has 0 radical (unpaired) electrons. The van der Waals surface area contributed by atoms with Gasteiger partial charge in [0.1, 0.15) is 6.61 Å². The van der Waals surface area contributed by atoms with E-state index in [-0.39, 0.29) is 17.7 Å². The molecule has 1 aliphatic heterocycles. The quantitative estimate of drug-likeness (QED) is 0.173. The monoisotopic (exact) mass is 609 g/mol. The number of hydrogen-bond donors (Lipinski definition) is 0. The largest absolute Gasteiger partial charge is 0.493 e. The Morgan fingerprint density at radius 1 is 0.800 bits per heavy atom. The molecule has 5 aromatic carbocycles. The molecule has 0 spiro atoms. The Morgan fingerprint density at radius 2 is 1.43 bits per heavy atom. The van der Waals surface area contributed by atoms with Crippen molar-refractivity contribution >= 4 is 66.5 Å². The van der Waals surface area contributed by atoms with Crippen molar-refractivity contribution in [1.82, 2.24) is 4.90 Å². The smallest absolute Gasteiger partial charge is 0.293 e. The highest BCUT2D eigenvalue weighted by atomic mass is 79.9. The summed E-state index contributed by atoms with van der Waals surface area (Å²) in [5.41, 5.74) is 2.71. The van der Waals surface area contributed by atoms with Gasteiger partial charge < -0.3 is 9.47 Å². The Morgan fingerprint density at radius 3 is 2.12 bits per heavy atom. The number of amides is 2. The fourth-order valence-electron chi connectivity index (χ4n) is 4.89. The minimum absolute atomic E-state index is 0.217. The van der Waals surface area contributed by atoms with Crippen LogP contribution in [0.15, 0.2) is 106 Å². The molecule has 1 aliphatic rings. The van der Waals surface area contributed by atoms with Crippen molar-refractivity contribution in [2.45, 2.75) is 13.2 Å². The van der Waals surface area contributed by atoms with E-state index in [9.17, 15) is 9.59 Å². The van der Waals surface area contributed by atoms with Crippen LogP contribution in [0.25, 0.3) is 27.6 Å². The zero-order valence-electron chi connectivity index (χ0n) is 21.6. The molecule has 2 amide bonds. The van der Waals surface area contributed by atoms with E-state index >= 15 is 0 Å². The Labute approximate surface area is 244 Å². The van der Waals surface area contributed by atoms with E-state index in [0.29, 0.717) is 28.6 Å². The van der Waals surface area contributed by atoms with Crippen molar-refractivity contribution in [3.05, 3.63) is 123 Å². The minimum atomic E-state index is -0.315. The van der Waals surface area contributed by atoms with Crippen molar-refractivity contribution < 1.29 is 19.1 Å². The van der Waals surface area contributed by atoms with Gasteiger partial charge in [-0.25, -0.2) is 0 Å². The van der Waals surface area contributed by atoms with E-state index in [2.05, 4.69) is 34.1 Å². The maximum atomic E-state index is 13.3. The standard InChI is InChI=1S/C33H24BrNO4S/c1-38-29-16-25(28(34)18-30(29)39-20-24-13-7-11-22-9-3-5-15-27(22)24)17-31-32(36)35(33(37)40-31)19-23-12-6-10-21-8-2-4-14-26(21)23/h2-18H,19-20H2,1H3/b31-17+. The third kappa shape index (κ3) is 5.10. The number of carbonyl (C=O) groups is 2. The summed E-state index contributed by atoms with van der Waals surface area (Å²) in [6.07, 6.45) is 1.72. The lowest BCUT2D eigenvalue weighted by atomic mass is 10.0. The first-order chi connectivity index (χ1) is 19.5. The Balaban J connectivity index is 1.23. The van der Waals surface area contributed by atoms with E-state index in [4.69, 9.17) is 9.47 Å². The molecule has 0 aromatic heterocycles. The van der Waals surface area contributed by atoms with E-state index in [1.165, 1.54) is 4.90 Å². The summed E-state index contributed by atoms with van der Waals surface area (Å²) in [4.78, 5) is 27.8. The molecule has 5 nitrogen and oxygen atoms in total. The highest BCUT2D eigenvalue weighted by molar-refractivity contribution is 9.10. The van der Waals surface area contributed by atoms with Crippen LogP contribution in [-0.4, -0.2) is 23.2 Å². The van der Waals surface area contributed by atoms with E-state index in [1.807, 2.05) is 72.8 Å². The first-order valence-electron chi connectivity index (χ1n) is 12.7. The number of halogens is 1. The summed E-state index contributed by atoms with van der Waals surface area (Å²) in [6, 6.07) is 31.8. The summed E-state index contributed by atoms with van der Waals surface area (Å²) in [7, 11) is 1.58. The van der Waals surface area contributed by atoms with Gasteiger partial charge in [-0.05, 0) is 68.2 Å². The second-order valence-corrected chi connectivity index (χ2v) is 11.2. The van der Waals surface area contributed by atoms with Crippen LogP contribution in [-0.2, 0) is 17.9 Å². The Bertz CT molecular complexity index is 1810. The topological polar surface area (TPSA) is 55.8 Å². The van der Waals surface area contributed by atoms with Crippen molar-refractivity contribution in [3.8, 4) is 11.5 Å². The molecule has 0 bridgehead atoms. The van der Waals surface area contributed by atoms with Crippen LogP contribution in [0.5, 0.6) is 11.5 Å². The molecule has 1 heterocycles. The first-order valence-corrected chi connectivity index (χ1v) is 14.3. The zero-order chi connectivity index (χ0) is 27.6. The lowest BCUT2D eigenvalue weighted by Crippen LogP contribution is -2.27. The number of thioether (sulfide) groups is 1. The van der Waals surface area contributed by atoms with E-state index in [1.54, 1.807) is 19.3 Å². The molecule has 1 saturated heterocycles. The molecule has 0 unspecified atom stereocenters. The van der Waals surface area contributed by atoms with E-state index in [0.717, 1.165) is 48.9 Å². The number of nitrogens with zero attached hydrogens (tertiary/aromatic N) is 1.